The third-order valence-corrected chi connectivity index (χ3v) is 4.74. The lowest BCUT2D eigenvalue weighted by Crippen LogP contribution is -2.39. The molecule has 5 heteroatoms. The molecule has 2 aliphatic heterocycles. The summed E-state index contributed by atoms with van der Waals surface area (Å²) in [4.78, 5) is 18.6. The number of carbonyl (C=O) groups excluding carboxylic acids is 1. The second-order valence-corrected chi connectivity index (χ2v) is 5.91. The molecule has 3 heterocycles. The molecule has 0 spiro atoms. The topological polar surface area (TPSA) is 57.3 Å². The van der Waals surface area contributed by atoms with Crippen molar-refractivity contribution in [2.75, 3.05) is 7.05 Å². The smallest absolute Gasteiger partial charge is 0.241 e. The number of pyridine rings is 1. The highest BCUT2D eigenvalue weighted by Gasteiger charge is 2.54. The van der Waals surface area contributed by atoms with Crippen LogP contribution in [0.25, 0.3) is 0 Å². The quantitative estimate of drug-likeness (QED) is 0.880. The number of nitrogens with zero attached hydrogens (tertiary/aromatic N) is 2. The summed E-state index contributed by atoms with van der Waals surface area (Å²) in [6.07, 6.45) is 3.62. The predicted molar refractivity (Wildman–Crippen MR) is 82.5 cm³/mol. The van der Waals surface area contributed by atoms with Crippen LogP contribution in [-0.4, -0.2) is 28.9 Å². The highest BCUT2D eigenvalue weighted by molar-refractivity contribution is 5.86. The summed E-state index contributed by atoms with van der Waals surface area (Å²) in [6.45, 7) is 0. The van der Waals surface area contributed by atoms with Crippen LogP contribution in [0.1, 0.15) is 23.2 Å². The Labute approximate surface area is 129 Å². The summed E-state index contributed by atoms with van der Waals surface area (Å²) in [6, 6.07) is 14.2. The normalized spacial score (nSPS) is 30.6. The SMILES string of the molecule is CN1C(=O)C2NNC(c3ccccc3)C2C1c1cccnc1. The van der Waals surface area contributed by atoms with Gasteiger partial charge >= 0.3 is 0 Å². The van der Waals surface area contributed by atoms with Gasteiger partial charge in [0.15, 0.2) is 0 Å². The number of amides is 1. The fourth-order valence-electron chi connectivity index (χ4n) is 3.73. The number of nitrogens with one attached hydrogen (secondary N) is 2. The van der Waals surface area contributed by atoms with Crippen molar-refractivity contribution in [2.45, 2.75) is 18.1 Å². The Morgan fingerprint density at radius 3 is 2.45 bits per heavy atom. The van der Waals surface area contributed by atoms with Crippen molar-refractivity contribution in [3.8, 4) is 0 Å². The lowest BCUT2D eigenvalue weighted by molar-refractivity contribution is -0.129. The van der Waals surface area contributed by atoms with Crippen molar-refractivity contribution >= 4 is 5.91 Å². The van der Waals surface area contributed by atoms with Crippen molar-refractivity contribution in [3.63, 3.8) is 0 Å². The van der Waals surface area contributed by atoms with Gasteiger partial charge in [-0.05, 0) is 17.2 Å². The Morgan fingerprint density at radius 2 is 1.73 bits per heavy atom. The van der Waals surface area contributed by atoms with Gasteiger partial charge in [0.2, 0.25) is 5.91 Å². The molecule has 112 valence electrons. The van der Waals surface area contributed by atoms with E-state index in [1.807, 2.05) is 48.5 Å². The molecule has 4 unspecified atom stereocenters. The van der Waals surface area contributed by atoms with E-state index < -0.39 is 0 Å². The van der Waals surface area contributed by atoms with Crippen molar-refractivity contribution in [2.24, 2.45) is 5.92 Å². The lowest BCUT2D eigenvalue weighted by Gasteiger charge is -2.28. The summed E-state index contributed by atoms with van der Waals surface area (Å²) in [5, 5.41) is 0. The average molecular weight is 294 g/mol. The standard InChI is InChI=1S/C17H18N4O/c1-21-16(12-8-5-9-18-10-12)13-14(11-6-3-2-4-7-11)19-20-15(13)17(21)22/h2-10,13-16,19-20H,1H3. The van der Waals surface area contributed by atoms with Gasteiger partial charge in [-0.15, -0.1) is 0 Å². The van der Waals surface area contributed by atoms with E-state index in [1.165, 1.54) is 5.56 Å². The monoisotopic (exact) mass is 294 g/mol. The molecule has 4 atom stereocenters. The zero-order valence-corrected chi connectivity index (χ0v) is 12.3. The van der Waals surface area contributed by atoms with Crippen LogP contribution in [0.4, 0.5) is 0 Å². The molecule has 2 saturated heterocycles. The number of rotatable bonds is 2. The molecule has 1 aromatic heterocycles. The first-order chi connectivity index (χ1) is 10.8. The number of carbonyl (C=O) groups is 1. The van der Waals surface area contributed by atoms with Gasteiger partial charge in [-0.2, -0.15) is 0 Å². The fraction of sp³-hybridized carbons (Fsp3) is 0.294. The summed E-state index contributed by atoms with van der Waals surface area (Å²) in [5.41, 5.74) is 8.77. The molecule has 0 bridgehead atoms. The Balaban J connectivity index is 1.76. The van der Waals surface area contributed by atoms with Gasteiger partial charge in [0.1, 0.15) is 6.04 Å². The fourth-order valence-corrected chi connectivity index (χ4v) is 3.73. The molecule has 22 heavy (non-hydrogen) atoms. The minimum absolute atomic E-state index is 0.0268. The van der Waals surface area contributed by atoms with Crippen molar-refractivity contribution in [1.29, 1.82) is 0 Å². The third-order valence-electron chi connectivity index (χ3n) is 4.74. The maximum Gasteiger partial charge on any atom is 0.241 e. The molecule has 0 saturated carbocycles. The van der Waals surface area contributed by atoms with Crippen LogP contribution in [0.5, 0.6) is 0 Å². The van der Waals surface area contributed by atoms with E-state index in [-0.39, 0.29) is 30.0 Å². The zero-order valence-electron chi connectivity index (χ0n) is 12.3. The Hall–Kier alpha value is -2.24. The first-order valence-corrected chi connectivity index (χ1v) is 7.50. The van der Waals surface area contributed by atoms with Crippen molar-refractivity contribution in [3.05, 3.63) is 66.0 Å². The predicted octanol–water partition coefficient (Wildman–Crippen LogP) is 1.43. The molecular formula is C17H18N4O. The minimum atomic E-state index is -0.194. The van der Waals surface area contributed by atoms with E-state index in [2.05, 4.69) is 28.0 Å². The molecular weight excluding hydrogens is 276 g/mol. The highest BCUT2D eigenvalue weighted by Crippen LogP contribution is 2.45. The van der Waals surface area contributed by atoms with Gasteiger partial charge in [0.25, 0.3) is 0 Å². The molecule has 2 fully saturated rings. The zero-order chi connectivity index (χ0) is 15.1. The van der Waals surface area contributed by atoms with E-state index >= 15 is 0 Å². The molecule has 1 amide bonds. The van der Waals surface area contributed by atoms with E-state index in [0.29, 0.717) is 0 Å². The molecule has 0 aliphatic carbocycles. The van der Waals surface area contributed by atoms with Gasteiger partial charge < -0.3 is 4.90 Å². The third kappa shape index (κ3) is 1.94. The Morgan fingerprint density at radius 1 is 1.00 bits per heavy atom. The first-order valence-electron chi connectivity index (χ1n) is 7.50. The van der Waals surface area contributed by atoms with Crippen LogP contribution in [0.15, 0.2) is 54.9 Å². The maximum atomic E-state index is 12.6. The van der Waals surface area contributed by atoms with Gasteiger partial charge in [0, 0.05) is 25.4 Å². The highest BCUT2D eigenvalue weighted by atomic mass is 16.2. The number of fused-ring (bicyclic) bond motifs is 1. The number of benzene rings is 1. The summed E-state index contributed by atoms with van der Waals surface area (Å²) >= 11 is 0. The van der Waals surface area contributed by atoms with Gasteiger partial charge in [-0.25, -0.2) is 10.9 Å². The van der Waals surface area contributed by atoms with Crippen molar-refractivity contribution < 1.29 is 4.79 Å². The molecule has 2 N–H and O–H groups in total. The van der Waals surface area contributed by atoms with Crippen LogP contribution < -0.4 is 10.9 Å². The minimum Gasteiger partial charge on any atom is -0.337 e. The van der Waals surface area contributed by atoms with Gasteiger partial charge in [0.05, 0.1) is 12.1 Å². The number of likely N-dealkylation sites (N-methyl/N-ethyl adjacent to an activating group) is 1. The Bertz CT molecular complexity index is 676. The number of aromatic nitrogens is 1. The number of hydrogen-bond acceptors (Lipinski definition) is 4. The van der Waals surface area contributed by atoms with Gasteiger partial charge in [-0.3, -0.25) is 9.78 Å². The Kier molecular flexibility index (Phi) is 3.17. The molecule has 0 radical (unpaired) electrons. The second-order valence-electron chi connectivity index (χ2n) is 5.91. The second kappa shape index (κ2) is 5.19. The van der Waals surface area contributed by atoms with Crippen LogP contribution >= 0.6 is 0 Å². The molecule has 4 rings (SSSR count). The number of likely N-dealkylation sites (tertiary alicyclic amines) is 1. The van der Waals surface area contributed by atoms with Crippen LogP contribution in [0, 0.1) is 5.92 Å². The van der Waals surface area contributed by atoms with Gasteiger partial charge in [-0.1, -0.05) is 36.4 Å². The van der Waals surface area contributed by atoms with Crippen LogP contribution in [0.2, 0.25) is 0 Å². The maximum absolute atomic E-state index is 12.6. The molecule has 2 aliphatic rings. The summed E-state index contributed by atoms with van der Waals surface area (Å²) in [7, 11) is 1.88. The molecule has 1 aromatic carbocycles. The molecule has 2 aromatic rings. The van der Waals surface area contributed by atoms with E-state index in [9.17, 15) is 4.79 Å². The summed E-state index contributed by atoms with van der Waals surface area (Å²) in [5.74, 6) is 0.272. The lowest BCUT2D eigenvalue weighted by atomic mass is 9.84. The van der Waals surface area contributed by atoms with Crippen molar-refractivity contribution in [1.82, 2.24) is 20.7 Å². The average Bonchev–Trinajstić information content (AvgIpc) is 3.10. The van der Waals surface area contributed by atoms with E-state index in [4.69, 9.17) is 0 Å². The van der Waals surface area contributed by atoms with E-state index in [0.717, 1.165) is 5.56 Å². The first kappa shape index (κ1) is 13.4. The molecule has 5 nitrogen and oxygen atoms in total. The summed E-state index contributed by atoms with van der Waals surface area (Å²) < 4.78 is 0. The number of hydrogen-bond donors (Lipinski definition) is 2. The van der Waals surface area contributed by atoms with E-state index in [1.54, 1.807) is 6.20 Å². The van der Waals surface area contributed by atoms with Crippen LogP contribution in [-0.2, 0) is 4.79 Å². The van der Waals surface area contributed by atoms with Crippen LogP contribution in [0.3, 0.4) is 0 Å². The largest absolute Gasteiger partial charge is 0.337 e. The number of hydrazine groups is 1.